The molecule has 0 radical (unpaired) electrons. The van der Waals surface area contributed by atoms with Crippen molar-refractivity contribution in [2.75, 3.05) is 52.9 Å². The largest absolute Gasteiger partial charge is 0.491 e. The van der Waals surface area contributed by atoms with Crippen molar-refractivity contribution < 1.29 is 57.7 Å². The number of aliphatic hydroxyl groups excluding tert-OH is 2. The monoisotopic (exact) mass is 888 g/mol. The Morgan fingerprint density at radius 1 is 0.591 bits per heavy atom. The molecular weight excluding hydrogens is 841 g/mol. The second kappa shape index (κ2) is 25.1. The third-order valence-corrected chi connectivity index (χ3v) is 9.39. The highest BCUT2D eigenvalue weighted by molar-refractivity contribution is 6.00. The molecule has 0 amide bonds. The molecule has 0 saturated heterocycles. The highest BCUT2D eigenvalue weighted by atomic mass is 16.6. The van der Waals surface area contributed by atoms with Gasteiger partial charge in [0.2, 0.25) is 0 Å². The van der Waals surface area contributed by atoms with Gasteiger partial charge in [-0.2, -0.15) is 0 Å². The lowest BCUT2D eigenvalue weighted by Crippen LogP contribution is -2.25. The molecule has 5 rings (SSSR count). The Labute approximate surface area is 384 Å². The van der Waals surface area contributed by atoms with Crippen LogP contribution in [0.2, 0.25) is 0 Å². The first-order valence-corrected chi connectivity index (χ1v) is 20.5. The van der Waals surface area contributed by atoms with Crippen LogP contribution < -0.4 is 23.7 Å². The summed E-state index contributed by atoms with van der Waals surface area (Å²) in [5, 5.41) is 22.5. The van der Waals surface area contributed by atoms with Crippen molar-refractivity contribution in [1.82, 2.24) is 0 Å². The van der Waals surface area contributed by atoms with Gasteiger partial charge in [0.15, 0.2) is 0 Å². The predicted molar refractivity (Wildman–Crippen MR) is 251 cm³/mol. The Morgan fingerprint density at radius 3 is 1.61 bits per heavy atom. The molecule has 0 aliphatic carbocycles. The summed E-state index contributed by atoms with van der Waals surface area (Å²) in [6.07, 6.45) is 23.4. The summed E-state index contributed by atoms with van der Waals surface area (Å²) < 4.78 is 44.8. The number of ether oxygens (including phenoxy) is 8. The van der Waals surface area contributed by atoms with Crippen molar-refractivity contribution in [3.8, 4) is 78.1 Å². The van der Waals surface area contributed by atoms with Crippen LogP contribution >= 0.6 is 0 Å². The third kappa shape index (κ3) is 14.1. The van der Waals surface area contributed by atoms with Gasteiger partial charge in [0.05, 0.1) is 0 Å². The van der Waals surface area contributed by atoms with Crippen molar-refractivity contribution in [3.63, 3.8) is 0 Å². The number of hydrogen-bond donors (Lipinski definition) is 2. The van der Waals surface area contributed by atoms with E-state index in [9.17, 15) is 19.8 Å². The number of fused-ring (bicyclic) bond motifs is 1. The lowest BCUT2D eigenvalue weighted by Gasteiger charge is -2.17. The Hall–Kier alpha value is -8.26. The number of allylic oxidation sites excluding steroid dienone is 1. The number of rotatable bonds is 24. The SMILES string of the molecule is C#CCOC(=C)c1cc(OCC#C)c(C(=O)OCC(O)COc2ccc(Cc3ccc(OCC(O)COC(=O)c4cc5cccc(OCC#C)c5cc4OCC#C)cc3)cc2)cc1/C=C\C. The summed E-state index contributed by atoms with van der Waals surface area (Å²) in [5.74, 6) is 10.3. The van der Waals surface area contributed by atoms with Gasteiger partial charge in [0, 0.05) is 10.9 Å². The maximum atomic E-state index is 13.2. The second-order valence-corrected chi connectivity index (χ2v) is 14.2. The summed E-state index contributed by atoms with van der Waals surface area (Å²) in [6.45, 7) is 4.68. The van der Waals surface area contributed by atoms with Crippen molar-refractivity contribution in [2.24, 2.45) is 0 Å². The topological polar surface area (TPSA) is 148 Å². The van der Waals surface area contributed by atoms with E-state index < -0.39 is 24.1 Å². The van der Waals surface area contributed by atoms with E-state index in [0.29, 0.717) is 45.6 Å². The third-order valence-electron chi connectivity index (χ3n) is 9.39. The molecule has 2 unspecified atom stereocenters. The van der Waals surface area contributed by atoms with Crippen LogP contribution in [0.4, 0.5) is 0 Å². The van der Waals surface area contributed by atoms with Gasteiger partial charge >= 0.3 is 11.9 Å². The summed E-state index contributed by atoms with van der Waals surface area (Å²) in [5.41, 5.74) is 3.38. The Bertz CT molecular complexity index is 2670. The van der Waals surface area contributed by atoms with E-state index in [0.717, 1.165) is 11.1 Å². The summed E-state index contributed by atoms with van der Waals surface area (Å²) in [7, 11) is 0. The Kier molecular flexibility index (Phi) is 18.6. The second-order valence-electron chi connectivity index (χ2n) is 14.2. The number of benzene rings is 5. The highest BCUT2D eigenvalue weighted by Crippen LogP contribution is 2.34. The van der Waals surface area contributed by atoms with Crippen molar-refractivity contribution >= 4 is 34.5 Å². The van der Waals surface area contributed by atoms with Gasteiger partial charge in [0.1, 0.15) is 111 Å². The summed E-state index contributed by atoms with van der Waals surface area (Å²) in [6, 6.07) is 26.4. The Morgan fingerprint density at radius 2 is 1.09 bits per heavy atom. The van der Waals surface area contributed by atoms with Gasteiger partial charge < -0.3 is 48.1 Å². The van der Waals surface area contributed by atoms with Crippen LogP contribution in [0.3, 0.4) is 0 Å². The average molecular weight is 889 g/mol. The van der Waals surface area contributed by atoms with Crippen molar-refractivity contribution in [3.05, 3.63) is 137 Å². The van der Waals surface area contributed by atoms with E-state index >= 15 is 0 Å². The van der Waals surface area contributed by atoms with Gasteiger partial charge in [-0.1, -0.05) is 78.8 Å². The first-order valence-electron chi connectivity index (χ1n) is 20.5. The highest BCUT2D eigenvalue weighted by Gasteiger charge is 2.22. The molecule has 2 atom stereocenters. The molecule has 2 N–H and O–H groups in total. The molecule has 0 aliphatic heterocycles. The van der Waals surface area contributed by atoms with E-state index in [1.165, 1.54) is 0 Å². The van der Waals surface area contributed by atoms with E-state index in [2.05, 4.69) is 30.3 Å². The van der Waals surface area contributed by atoms with Crippen molar-refractivity contribution in [2.45, 2.75) is 25.6 Å². The number of carbonyl (C=O) groups excluding carboxylic acids is 2. The fraction of sp³-hybridized carbons (Fsp3) is 0.222. The first-order chi connectivity index (χ1) is 32.1. The molecule has 12 nitrogen and oxygen atoms in total. The molecular formula is C54H48O12. The van der Waals surface area contributed by atoms with E-state index in [4.69, 9.17) is 63.6 Å². The number of carbonyl (C=O) groups is 2. The van der Waals surface area contributed by atoms with Gasteiger partial charge in [-0.15, -0.1) is 25.7 Å². The zero-order valence-corrected chi connectivity index (χ0v) is 36.3. The van der Waals surface area contributed by atoms with E-state index in [1.54, 1.807) is 78.9 Å². The summed E-state index contributed by atoms with van der Waals surface area (Å²) >= 11 is 0. The zero-order valence-electron chi connectivity index (χ0n) is 36.3. The van der Waals surface area contributed by atoms with Crippen LogP contribution in [0.15, 0.2) is 104 Å². The summed E-state index contributed by atoms with van der Waals surface area (Å²) in [4.78, 5) is 26.3. The minimum absolute atomic E-state index is 0.00614. The fourth-order valence-corrected chi connectivity index (χ4v) is 6.30. The molecule has 5 aromatic carbocycles. The molecule has 0 aromatic heterocycles. The van der Waals surface area contributed by atoms with Gasteiger partial charge in [0.25, 0.3) is 0 Å². The number of terminal acetylenes is 4. The number of esters is 2. The molecule has 66 heavy (non-hydrogen) atoms. The lowest BCUT2D eigenvalue weighted by molar-refractivity contribution is 0.0124. The quantitative estimate of drug-likeness (QED) is 0.0364. The van der Waals surface area contributed by atoms with Gasteiger partial charge in [-0.05, 0) is 90.0 Å². The van der Waals surface area contributed by atoms with Crippen LogP contribution in [-0.2, 0) is 20.6 Å². The van der Waals surface area contributed by atoms with Crippen LogP contribution in [0.25, 0.3) is 22.6 Å². The van der Waals surface area contributed by atoms with Crippen LogP contribution in [0.1, 0.15) is 49.9 Å². The predicted octanol–water partition coefficient (Wildman–Crippen LogP) is 7.31. The molecule has 0 heterocycles. The lowest BCUT2D eigenvalue weighted by atomic mass is 10.0. The van der Waals surface area contributed by atoms with E-state index in [-0.39, 0.29) is 81.2 Å². The minimum Gasteiger partial charge on any atom is -0.491 e. The van der Waals surface area contributed by atoms with Crippen molar-refractivity contribution in [1.29, 1.82) is 0 Å². The molecule has 0 aliphatic rings. The van der Waals surface area contributed by atoms with Crippen LogP contribution in [0.5, 0.6) is 28.7 Å². The number of hydrogen-bond acceptors (Lipinski definition) is 12. The number of aliphatic hydroxyl groups is 2. The minimum atomic E-state index is -1.13. The van der Waals surface area contributed by atoms with Gasteiger partial charge in [-0.25, -0.2) is 9.59 Å². The van der Waals surface area contributed by atoms with Crippen LogP contribution in [0, 0.1) is 49.4 Å². The molecule has 12 heteroatoms. The maximum Gasteiger partial charge on any atom is 0.342 e. The smallest absolute Gasteiger partial charge is 0.342 e. The maximum absolute atomic E-state index is 13.2. The Balaban J connectivity index is 1.07. The fourth-order valence-electron chi connectivity index (χ4n) is 6.30. The average Bonchev–Trinajstić information content (AvgIpc) is 3.33. The molecule has 0 fully saturated rings. The standard InChI is InChI=1S/C54H48O12/c1-7-13-40-29-48(51(61-26-10-4)31-46(40)37(6)59-24-8-2)53(57)65-35-42(55)33-63-44-20-16-38(17-21-44)28-39-18-22-45(23-19-39)64-34-43(56)36-66-54(58)49-30-41-14-12-15-50(60-25-9-3)47(41)32-52(49)62-27-11-5/h2-5,7,12-23,29-32,42-43,55-56H,6,24-28,33-36H2,1H3/b13-7-. The molecule has 0 bridgehead atoms. The molecule has 336 valence electrons. The van der Waals surface area contributed by atoms with E-state index in [1.807, 2.05) is 31.2 Å². The molecule has 5 aromatic rings. The molecule has 0 saturated carbocycles. The molecule has 0 spiro atoms. The normalized spacial score (nSPS) is 11.4. The zero-order chi connectivity index (χ0) is 47.3. The van der Waals surface area contributed by atoms with Crippen LogP contribution in [-0.4, -0.2) is 87.2 Å². The van der Waals surface area contributed by atoms with Gasteiger partial charge in [-0.3, -0.25) is 0 Å². The first kappa shape index (κ1) is 48.8.